The topological polar surface area (TPSA) is 132 Å². The zero-order chi connectivity index (χ0) is 42.3. The molecule has 0 aromatic rings. The summed E-state index contributed by atoms with van der Waals surface area (Å²) in [5.74, 6) is -0.501. The zero-order valence-corrected chi connectivity index (χ0v) is 37.7. The van der Waals surface area contributed by atoms with Crippen molar-refractivity contribution in [3.05, 3.63) is 60.8 Å². The second-order valence-electron chi connectivity index (χ2n) is 16.1. The fourth-order valence-corrected chi connectivity index (χ4v) is 6.42. The van der Waals surface area contributed by atoms with Crippen LogP contribution in [0.5, 0.6) is 0 Å². The fraction of sp³-hybridized carbons (Fsp3) is 0.761. The van der Waals surface area contributed by atoms with Crippen LogP contribution in [0, 0.1) is 0 Å². The number of likely N-dealkylation sites (N-methyl/N-ethyl adjacent to an activating group) is 1. The number of esters is 1. The van der Waals surface area contributed by atoms with Crippen molar-refractivity contribution in [3.8, 4) is 0 Å². The molecule has 0 saturated carbocycles. The summed E-state index contributed by atoms with van der Waals surface area (Å²) in [5, 5.41) is 20.4. The first kappa shape index (κ1) is 55.1. The number of phosphoric ester groups is 1. The van der Waals surface area contributed by atoms with Crippen LogP contribution in [0.3, 0.4) is 0 Å². The van der Waals surface area contributed by atoms with Gasteiger partial charge in [-0.05, 0) is 64.2 Å². The van der Waals surface area contributed by atoms with Gasteiger partial charge in [-0.1, -0.05) is 145 Å². The first-order valence-electron chi connectivity index (χ1n) is 22.3. The van der Waals surface area contributed by atoms with Crippen molar-refractivity contribution in [2.45, 2.75) is 173 Å². The molecule has 0 radical (unpaired) electrons. The largest absolute Gasteiger partial charge is 0.472 e. The van der Waals surface area contributed by atoms with Crippen LogP contribution in [0.15, 0.2) is 60.8 Å². The molecule has 57 heavy (non-hydrogen) atoms. The zero-order valence-electron chi connectivity index (χ0n) is 36.8. The third-order valence-corrected chi connectivity index (χ3v) is 10.2. The van der Waals surface area contributed by atoms with Crippen molar-refractivity contribution in [1.82, 2.24) is 0 Å². The average molecular weight is 827 g/mol. The smallest absolute Gasteiger partial charge is 0.457 e. The molecule has 0 aliphatic heterocycles. The predicted molar refractivity (Wildman–Crippen MR) is 236 cm³/mol. The van der Waals surface area contributed by atoms with Gasteiger partial charge < -0.3 is 29.1 Å². The maximum Gasteiger partial charge on any atom is 0.472 e. The summed E-state index contributed by atoms with van der Waals surface area (Å²) in [6, 6.07) is 0. The number of ether oxygens (including phenoxy) is 2. The SMILES string of the molecule is CCCCC/C=C/CC(O)/C=C/C=C/C=C/C(O)CCCC(=O)OC(COCCCCCCCC/C=C\CCCCCCCC)COP(=O)(O)OCC[N+](C)(C)C. The first-order chi connectivity index (χ1) is 27.4. The van der Waals surface area contributed by atoms with E-state index in [1.165, 1.54) is 83.5 Å². The molecule has 0 aromatic carbocycles. The summed E-state index contributed by atoms with van der Waals surface area (Å²) in [6.45, 7) is 5.18. The summed E-state index contributed by atoms with van der Waals surface area (Å²) in [4.78, 5) is 22.9. The highest BCUT2D eigenvalue weighted by Crippen LogP contribution is 2.43. The number of aliphatic hydroxyl groups is 2. The summed E-state index contributed by atoms with van der Waals surface area (Å²) in [6.07, 6.45) is 40.3. The highest BCUT2D eigenvalue weighted by molar-refractivity contribution is 7.47. The molecule has 0 bridgehead atoms. The fourth-order valence-electron chi connectivity index (χ4n) is 5.68. The Hall–Kier alpha value is -1.88. The Morgan fingerprint density at radius 3 is 1.77 bits per heavy atom. The molecule has 0 aliphatic rings. The van der Waals surface area contributed by atoms with Crippen molar-refractivity contribution in [3.63, 3.8) is 0 Å². The molecule has 11 heteroatoms. The number of phosphoric acid groups is 1. The van der Waals surface area contributed by atoms with Gasteiger partial charge in [0.05, 0.1) is 46.6 Å². The van der Waals surface area contributed by atoms with Gasteiger partial charge in [0.2, 0.25) is 0 Å². The molecule has 0 amide bonds. The van der Waals surface area contributed by atoms with Crippen LogP contribution in [-0.2, 0) is 27.9 Å². The highest BCUT2D eigenvalue weighted by atomic mass is 31.2. The van der Waals surface area contributed by atoms with Gasteiger partial charge in [-0.2, -0.15) is 0 Å². The van der Waals surface area contributed by atoms with E-state index in [0.29, 0.717) is 36.9 Å². The van der Waals surface area contributed by atoms with Crippen molar-refractivity contribution in [2.24, 2.45) is 0 Å². The van der Waals surface area contributed by atoms with Crippen LogP contribution in [0.25, 0.3) is 0 Å². The minimum atomic E-state index is -4.35. The number of rotatable bonds is 40. The number of carbonyl (C=O) groups excluding carboxylic acids is 1. The number of quaternary nitrogens is 1. The minimum Gasteiger partial charge on any atom is -0.457 e. The molecule has 0 spiro atoms. The number of hydrogen-bond acceptors (Lipinski definition) is 8. The molecular weight excluding hydrogens is 741 g/mol. The predicted octanol–water partition coefficient (Wildman–Crippen LogP) is 10.9. The van der Waals surface area contributed by atoms with E-state index in [1.807, 2.05) is 27.2 Å². The van der Waals surface area contributed by atoms with Gasteiger partial charge in [0.15, 0.2) is 0 Å². The summed E-state index contributed by atoms with van der Waals surface area (Å²) in [5.41, 5.74) is 0. The van der Waals surface area contributed by atoms with Gasteiger partial charge in [0.25, 0.3) is 0 Å². The van der Waals surface area contributed by atoms with E-state index in [4.69, 9.17) is 18.5 Å². The Kier molecular flexibility index (Phi) is 37.1. The van der Waals surface area contributed by atoms with E-state index in [2.05, 4.69) is 32.1 Å². The van der Waals surface area contributed by atoms with Crippen molar-refractivity contribution >= 4 is 13.8 Å². The Bertz CT molecular complexity index is 1130. The number of allylic oxidation sites excluding steroid dienone is 7. The molecule has 4 unspecified atom stereocenters. The molecule has 0 saturated heterocycles. The second kappa shape index (κ2) is 38.3. The number of aliphatic hydroxyl groups excluding tert-OH is 2. The molecule has 10 nitrogen and oxygen atoms in total. The van der Waals surface area contributed by atoms with Crippen LogP contribution in [0.4, 0.5) is 0 Å². The number of unbranched alkanes of at least 4 members (excludes halogenated alkanes) is 15. The Morgan fingerprint density at radius 1 is 0.632 bits per heavy atom. The van der Waals surface area contributed by atoms with E-state index in [-0.39, 0.29) is 26.2 Å². The molecule has 332 valence electrons. The summed E-state index contributed by atoms with van der Waals surface area (Å²) in [7, 11) is 1.50. The Morgan fingerprint density at radius 2 is 1.16 bits per heavy atom. The second-order valence-corrected chi connectivity index (χ2v) is 17.6. The van der Waals surface area contributed by atoms with Crippen LogP contribution < -0.4 is 0 Å². The van der Waals surface area contributed by atoms with E-state index in [1.54, 1.807) is 36.5 Å². The molecule has 3 N–H and O–H groups in total. The minimum absolute atomic E-state index is 0.0363. The van der Waals surface area contributed by atoms with Gasteiger partial charge in [-0.3, -0.25) is 13.8 Å². The lowest BCUT2D eigenvalue weighted by Gasteiger charge is -2.24. The molecule has 0 heterocycles. The van der Waals surface area contributed by atoms with E-state index < -0.39 is 32.1 Å². The number of hydrogen-bond donors (Lipinski definition) is 3. The Labute approximate surface area is 348 Å². The third kappa shape index (κ3) is 42.1. The molecule has 0 aromatic heterocycles. The van der Waals surface area contributed by atoms with Crippen LogP contribution in [0.2, 0.25) is 0 Å². The lowest BCUT2D eigenvalue weighted by molar-refractivity contribution is -0.870. The van der Waals surface area contributed by atoms with Crippen LogP contribution >= 0.6 is 7.82 Å². The Balaban J connectivity index is 4.53. The van der Waals surface area contributed by atoms with Gasteiger partial charge in [0.1, 0.15) is 19.3 Å². The van der Waals surface area contributed by atoms with Gasteiger partial charge in [0, 0.05) is 13.0 Å². The molecule has 0 rings (SSSR count). The molecule has 0 fully saturated rings. The van der Waals surface area contributed by atoms with E-state index >= 15 is 0 Å². The maximum absolute atomic E-state index is 12.7. The van der Waals surface area contributed by atoms with Crippen molar-refractivity contribution in [1.29, 1.82) is 0 Å². The number of nitrogens with zero attached hydrogens (tertiary/aromatic N) is 1. The van der Waals surface area contributed by atoms with Crippen molar-refractivity contribution < 1.29 is 47.5 Å². The summed E-state index contributed by atoms with van der Waals surface area (Å²) < 4.78 is 34.8. The maximum atomic E-state index is 12.7. The normalized spacial score (nSPS) is 15.4. The van der Waals surface area contributed by atoms with Crippen molar-refractivity contribution in [2.75, 3.05) is 54.1 Å². The first-order valence-corrected chi connectivity index (χ1v) is 23.7. The third-order valence-electron chi connectivity index (χ3n) is 9.24. The quantitative estimate of drug-likeness (QED) is 0.0138. The van der Waals surface area contributed by atoms with Gasteiger partial charge in [-0.15, -0.1) is 0 Å². The van der Waals surface area contributed by atoms with Gasteiger partial charge in [-0.25, -0.2) is 4.57 Å². The van der Waals surface area contributed by atoms with E-state index in [0.717, 1.165) is 32.1 Å². The number of carbonyl (C=O) groups is 1. The van der Waals surface area contributed by atoms with Crippen LogP contribution in [-0.4, -0.2) is 98.0 Å². The standard InChI is InChI=1S/C46H84NO9P/c1-6-8-10-12-14-15-16-17-18-19-20-21-22-23-27-31-39-53-41-45(42-55-57(51,52)54-40-38-47(3,4)5)56-46(50)37-32-36-44(49)35-30-26-25-29-34-43(48)33-28-24-13-11-9-7-2/h17-18,24-26,28-30,34-35,43-45,48-49H,6-16,19-23,27,31-33,36-42H2,1-5H3/p+1/b18-17-,26-25+,28-24+,34-29+,35-30+. The molecular formula is C46H85NO9P+. The lowest BCUT2D eigenvalue weighted by Crippen LogP contribution is -2.37. The molecule has 0 aliphatic carbocycles. The lowest BCUT2D eigenvalue weighted by atomic mass is 10.1. The average Bonchev–Trinajstić information content (AvgIpc) is 3.15. The summed E-state index contributed by atoms with van der Waals surface area (Å²) >= 11 is 0. The highest BCUT2D eigenvalue weighted by Gasteiger charge is 2.26. The molecule has 4 atom stereocenters. The monoisotopic (exact) mass is 827 g/mol. The van der Waals surface area contributed by atoms with Gasteiger partial charge >= 0.3 is 13.8 Å². The van der Waals surface area contributed by atoms with E-state index in [9.17, 15) is 24.5 Å². The van der Waals surface area contributed by atoms with Crippen LogP contribution in [0.1, 0.15) is 155 Å².